The van der Waals surface area contributed by atoms with E-state index >= 15 is 0 Å². The first-order valence-corrected chi connectivity index (χ1v) is 9.31. The molecular formula is C25H21NO2. The molecule has 0 unspecified atom stereocenters. The zero-order chi connectivity index (χ0) is 19.2. The third-order valence-corrected chi connectivity index (χ3v) is 4.68. The molecule has 0 saturated carbocycles. The first-order valence-electron chi connectivity index (χ1n) is 9.31. The molecule has 0 saturated heterocycles. The third kappa shape index (κ3) is 4.04. The summed E-state index contributed by atoms with van der Waals surface area (Å²) in [5.74, 6) is -0.303. The van der Waals surface area contributed by atoms with Crippen molar-refractivity contribution in [3.63, 3.8) is 0 Å². The molecule has 0 aliphatic carbocycles. The van der Waals surface area contributed by atoms with Gasteiger partial charge in [0.15, 0.2) is 6.04 Å². The molecule has 3 nitrogen and oxygen atoms in total. The average molecular weight is 367 g/mol. The van der Waals surface area contributed by atoms with Crippen molar-refractivity contribution in [2.24, 2.45) is 0 Å². The first-order chi connectivity index (χ1) is 13.8. The smallest absolute Gasteiger partial charge is 0.333 e. The van der Waals surface area contributed by atoms with Crippen molar-refractivity contribution in [2.45, 2.75) is 12.6 Å². The number of hydrogen-bond acceptors (Lipinski definition) is 3. The number of fused-ring (bicyclic) bond motifs is 1. The van der Waals surface area contributed by atoms with E-state index in [1.807, 2.05) is 84.9 Å². The molecule has 138 valence electrons. The summed E-state index contributed by atoms with van der Waals surface area (Å²) in [6.07, 6.45) is 0. The summed E-state index contributed by atoms with van der Waals surface area (Å²) >= 11 is 0. The Hall–Kier alpha value is -3.59. The van der Waals surface area contributed by atoms with Gasteiger partial charge in [-0.1, -0.05) is 97.1 Å². The van der Waals surface area contributed by atoms with Crippen molar-refractivity contribution in [1.82, 2.24) is 0 Å². The van der Waals surface area contributed by atoms with E-state index < -0.39 is 6.04 Å². The van der Waals surface area contributed by atoms with Crippen LogP contribution in [-0.4, -0.2) is 5.97 Å². The van der Waals surface area contributed by atoms with E-state index in [4.69, 9.17) is 4.74 Å². The lowest BCUT2D eigenvalue weighted by Gasteiger charge is -2.20. The summed E-state index contributed by atoms with van der Waals surface area (Å²) in [7, 11) is 0. The SMILES string of the molecule is O=C(OCc1ccccc1)[C@@H](Nc1cccc2ccccc12)c1ccccc1. The van der Waals surface area contributed by atoms with E-state index in [0.29, 0.717) is 0 Å². The van der Waals surface area contributed by atoms with Gasteiger partial charge in [0, 0.05) is 11.1 Å². The van der Waals surface area contributed by atoms with Crippen molar-refractivity contribution in [1.29, 1.82) is 0 Å². The van der Waals surface area contributed by atoms with Crippen LogP contribution in [0.5, 0.6) is 0 Å². The van der Waals surface area contributed by atoms with Crippen LogP contribution in [0, 0.1) is 0 Å². The van der Waals surface area contributed by atoms with Crippen molar-refractivity contribution >= 4 is 22.4 Å². The van der Waals surface area contributed by atoms with E-state index in [-0.39, 0.29) is 12.6 Å². The Morgan fingerprint density at radius 3 is 2.18 bits per heavy atom. The van der Waals surface area contributed by atoms with Crippen molar-refractivity contribution in [3.8, 4) is 0 Å². The zero-order valence-corrected chi connectivity index (χ0v) is 15.4. The molecular weight excluding hydrogens is 346 g/mol. The van der Waals surface area contributed by atoms with Crippen LogP contribution < -0.4 is 5.32 Å². The topological polar surface area (TPSA) is 38.3 Å². The minimum Gasteiger partial charge on any atom is -0.459 e. The van der Waals surface area contributed by atoms with Crippen LogP contribution in [0.2, 0.25) is 0 Å². The standard InChI is InChI=1S/C25H21NO2/c27-25(28-18-19-10-3-1-4-11-19)24(21-13-5-2-6-14-21)26-23-17-9-15-20-12-7-8-16-22(20)23/h1-17,24,26H,18H2/t24-/m0/s1. The molecule has 4 aromatic rings. The fraction of sp³-hybridized carbons (Fsp3) is 0.0800. The molecule has 0 heterocycles. The van der Waals surface area contributed by atoms with Crippen LogP contribution >= 0.6 is 0 Å². The van der Waals surface area contributed by atoms with E-state index in [9.17, 15) is 4.79 Å². The summed E-state index contributed by atoms with van der Waals surface area (Å²) in [6.45, 7) is 0.250. The number of benzene rings is 4. The van der Waals surface area contributed by atoms with Crippen LogP contribution in [0.3, 0.4) is 0 Å². The molecule has 0 amide bonds. The van der Waals surface area contributed by atoms with Gasteiger partial charge in [0.25, 0.3) is 0 Å². The zero-order valence-electron chi connectivity index (χ0n) is 15.4. The summed E-state index contributed by atoms with van der Waals surface area (Å²) in [5, 5.41) is 5.59. The number of carbonyl (C=O) groups excluding carboxylic acids is 1. The molecule has 0 aliphatic heterocycles. The maximum Gasteiger partial charge on any atom is 0.333 e. The molecule has 1 atom stereocenters. The number of hydrogen-bond donors (Lipinski definition) is 1. The Labute approximate surface area is 164 Å². The number of nitrogens with one attached hydrogen (secondary N) is 1. The lowest BCUT2D eigenvalue weighted by molar-refractivity contribution is -0.146. The maximum absolute atomic E-state index is 13.0. The number of ether oxygens (including phenoxy) is 1. The molecule has 0 fully saturated rings. The molecule has 0 bridgehead atoms. The van der Waals surface area contributed by atoms with Gasteiger partial charge in [0.05, 0.1) is 0 Å². The second kappa shape index (κ2) is 8.40. The highest BCUT2D eigenvalue weighted by Gasteiger charge is 2.22. The Morgan fingerprint density at radius 1 is 0.750 bits per heavy atom. The minimum absolute atomic E-state index is 0.250. The molecule has 0 radical (unpaired) electrons. The van der Waals surface area contributed by atoms with Gasteiger partial charge >= 0.3 is 5.97 Å². The minimum atomic E-state index is -0.587. The predicted octanol–water partition coefficient (Wildman–Crippen LogP) is 5.74. The van der Waals surface area contributed by atoms with Crippen molar-refractivity contribution in [3.05, 3.63) is 114 Å². The monoisotopic (exact) mass is 367 g/mol. The van der Waals surface area contributed by atoms with E-state index in [0.717, 1.165) is 27.6 Å². The summed E-state index contributed by atoms with van der Waals surface area (Å²) < 4.78 is 5.63. The van der Waals surface area contributed by atoms with E-state index in [2.05, 4.69) is 23.5 Å². The van der Waals surface area contributed by atoms with Gasteiger partial charge in [0.1, 0.15) is 6.61 Å². The van der Waals surface area contributed by atoms with Crippen LogP contribution in [0.25, 0.3) is 10.8 Å². The normalized spacial score (nSPS) is 11.7. The Kier molecular flexibility index (Phi) is 5.34. The Bertz CT molecular complexity index is 1060. The quantitative estimate of drug-likeness (QED) is 0.442. The second-order valence-corrected chi connectivity index (χ2v) is 6.61. The highest BCUT2D eigenvalue weighted by molar-refractivity contribution is 5.95. The Morgan fingerprint density at radius 2 is 1.39 bits per heavy atom. The number of anilines is 1. The molecule has 4 aromatic carbocycles. The largest absolute Gasteiger partial charge is 0.459 e. The summed E-state index contributed by atoms with van der Waals surface area (Å²) in [4.78, 5) is 13.0. The predicted molar refractivity (Wildman–Crippen MR) is 113 cm³/mol. The van der Waals surface area contributed by atoms with Gasteiger partial charge in [-0.2, -0.15) is 0 Å². The molecule has 3 heteroatoms. The molecule has 0 spiro atoms. The van der Waals surface area contributed by atoms with Gasteiger partial charge in [-0.15, -0.1) is 0 Å². The lowest BCUT2D eigenvalue weighted by atomic mass is 10.0. The van der Waals surface area contributed by atoms with Gasteiger partial charge in [-0.3, -0.25) is 0 Å². The van der Waals surface area contributed by atoms with Crippen LogP contribution in [0.1, 0.15) is 17.2 Å². The number of esters is 1. The summed E-state index contributed by atoms with van der Waals surface area (Å²) in [6, 6.07) is 33.0. The van der Waals surface area contributed by atoms with E-state index in [1.54, 1.807) is 0 Å². The summed E-state index contributed by atoms with van der Waals surface area (Å²) in [5.41, 5.74) is 2.74. The Balaban J connectivity index is 1.61. The number of carbonyl (C=O) groups is 1. The highest BCUT2D eigenvalue weighted by atomic mass is 16.5. The average Bonchev–Trinajstić information content (AvgIpc) is 2.77. The molecule has 1 N–H and O–H groups in total. The highest BCUT2D eigenvalue weighted by Crippen LogP contribution is 2.28. The first kappa shape index (κ1) is 17.8. The van der Waals surface area contributed by atoms with Gasteiger partial charge < -0.3 is 10.1 Å². The van der Waals surface area contributed by atoms with Gasteiger partial charge in [-0.05, 0) is 22.6 Å². The van der Waals surface area contributed by atoms with E-state index in [1.165, 1.54) is 0 Å². The lowest BCUT2D eigenvalue weighted by Crippen LogP contribution is -2.23. The fourth-order valence-electron chi connectivity index (χ4n) is 3.24. The van der Waals surface area contributed by atoms with Crippen LogP contribution in [-0.2, 0) is 16.1 Å². The third-order valence-electron chi connectivity index (χ3n) is 4.68. The van der Waals surface area contributed by atoms with Gasteiger partial charge in [0.2, 0.25) is 0 Å². The van der Waals surface area contributed by atoms with Gasteiger partial charge in [-0.25, -0.2) is 4.79 Å². The number of rotatable bonds is 6. The van der Waals surface area contributed by atoms with Crippen LogP contribution in [0.15, 0.2) is 103 Å². The van der Waals surface area contributed by atoms with Crippen LogP contribution in [0.4, 0.5) is 5.69 Å². The molecule has 0 aromatic heterocycles. The molecule has 28 heavy (non-hydrogen) atoms. The molecule has 4 rings (SSSR count). The maximum atomic E-state index is 13.0. The van der Waals surface area contributed by atoms with Crippen molar-refractivity contribution < 1.29 is 9.53 Å². The fourth-order valence-corrected chi connectivity index (χ4v) is 3.24. The van der Waals surface area contributed by atoms with Crippen molar-refractivity contribution in [2.75, 3.05) is 5.32 Å². The second-order valence-electron chi connectivity index (χ2n) is 6.61. The molecule has 0 aliphatic rings.